The third-order valence-electron chi connectivity index (χ3n) is 1.76. The first-order chi connectivity index (χ1) is 6.20. The van der Waals surface area contributed by atoms with Crippen molar-refractivity contribution in [1.82, 2.24) is 4.98 Å². The van der Waals surface area contributed by atoms with Crippen molar-refractivity contribution in [3.8, 4) is 0 Å². The number of carbonyl (C=O) groups is 1. The summed E-state index contributed by atoms with van der Waals surface area (Å²) in [5.41, 5.74) is 5.72. The van der Waals surface area contributed by atoms with Gasteiger partial charge in [0.25, 0.3) is 0 Å². The van der Waals surface area contributed by atoms with Gasteiger partial charge < -0.3 is 10.8 Å². The number of nitrogens with zero attached hydrogens (tertiary/aromatic N) is 1. The Balaban J connectivity index is 2.49. The molecule has 1 atom stereocenters. The van der Waals surface area contributed by atoms with Crippen molar-refractivity contribution in [2.75, 3.05) is 0 Å². The van der Waals surface area contributed by atoms with Gasteiger partial charge in [-0.2, -0.15) is 0 Å². The van der Waals surface area contributed by atoms with Crippen LogP contribution in [0.2, 0.25) is 0 Å². The van der Waals surface area contributed by atoms with Gasteiger partial charge in [-0.15, -0.1) is 0 Å². The zero-order valence-electron chi connectivity index (χ0n) is 7.18. The van der Waals surface area contributed by atoms with Crippen molar-refractivity contribution in [1.29, 1.82) is 0 Å². The summed E-state index contributed by atoms with van der Waals surface area (Å²) in [7, 11) is 0. The standard InChI is InChI=1S/C9H12N2O2/c10-9(13)2-1-8(12)7-3-5-11-6-4-7/h3-6,8,12H,1-2H2,(H2,10,13). The number of amides is 1. The fraction of sp³-hybridized carbons (Fsp3) is 0.333. The lowest BCUT2D eigenvalue weighted by molar-refractivity contribution is -0.118. The highest BCUT2D eigenvalue weighted by molar-refractivity contribution is 5.73. The Hall–Kier alpha value is -1.42. The number of aliphatic hydroxyl groups excluding tert-OH is 1. The average Bonchev–Trinajstić information content (AvgIpc) is 2.15. The van der Waals surface area contributed by atoms with E-state index < -0.39 is 12.0 Å². The molecule has 0 bridgehead atoms. The van der Waals surface area contributed by atoms with E-state index in [-0.39, 0.29) is 6.42 Å². The second kappa shape index (κ2) is 4.57. The normalized spacial score (nSPS) is 12.4. The topological polar surface area (TPSA) is 76.2 Å². The monoisotopic (exact) mass is 180 g/mol. The van der Waals surface area contributed by atoms with Crippen LogP contribution in [0.25, 0.3) is 0 Å². The first-order valence-electron chi connectivity index (χ1n) is 4.06. The molecular weight excluding hydrogens is 168 g/mol. The van der Waals surface area contributed by atoms with Gasteiger partial charge >= 0.3 is 0 Å². The molecule has 0 aromatic carbocycles. The number of nitrogens with two attached hydrogens (primary N) is 1. The molecule has 0 radical (unpaired) electrons. The van der Waals surface area contributed by atoms with Crippen LogP contribution in [-0.2, 0) is 4.79 Å². The largest absolute Gasteiger partial charge is 0.388 e. The molecule has 1 aromatic heterocycles. The lowest BCUT2D eigenvalue weighted by Crippen LogP contribution is -2.12. The fourth-order valence-electron chi connectivity index (χ4n) is 1.03. The van der Waals surface area contributed by atoms with Crippen molar-refractivity contribution in [2.45, 2.75) is 18.9 Å². The molecule has 4 nitrogen and oxygen atoms in total. The molecule has 1 amide bonds. The summed E-state index contributed by atoms with van der Waals surface area (Å²) in [6.45, 7) is 0. The van der Waals surface area contributed by atoms with E-state index in [1.54, 1.807) is 24.5 Å². The highest BCUT2D eigenvalue weighted by Gasteiger charge is 2.07. The van der Waals surface area contributed by atoms with Crippen molar-refractivity contribution in [2.24, 2.45) is 5.73 Å². The minimum atomic E-state index is -0.629. The van der Waals surface area contributed by atoms with Gasteiger partial charge in [0.1, 0.15) is 0 Å². The van der Waals surface area contributed by atoms with Crippen LogP contribution in [0.3, 0.4) is 0 Å². The van der Waals surface area contributed by atoms with Gasteiger partial charge in [-0.25, -0.2) is 0 Å². The van der Waals surface area contributed by atoms with Gasteiger partial charge in [-0.05, 0) is 24.1 Å². The second-order valence-electron chi connectivity index (χ2n) is 2.80. The van der Waals surface area contributed by atoms with E-state index in [0.29, 0.717) is 6.42 Å². The first kappa shape index (κ1) is 9.67. The number of pyridine rings is 1. The number of hydrogen-bond donors (Lipinski definition) is 2. The minimum absolute atomic E-state index is 0.198. The summed E-state index contributed by atoms with van der Waals surface area (Å²) in [6, 6.07) is 3.43. The highest BCUT2D eigenvalue weighted by atomic mass is 16.3. The number of hydrogen-bond acceptors (Lipinski definition) is 3. The maximum Gasteiger partial charge on any atom is 0.217 e. The molecule has 3 N–H and O–H groups in total. The van der Waals surface area contributed by atoms with E-state index in [1.807, 2.05) is 0 Å². The molecular formula is C9H12N2O2. The van der Waals surface area contributed by atoms with Crippen molar-refractivity contribution < 1.29 is 9.90 Å². The first-order valence-corrected chi connectivity index (χ1v) is 4.06. The third-order valence-corrected chi connectivity index (χ3v) is 1.76. The molecule has 1 heterocycles. The van der Waals surface area contributed by atoms with E-state index in [0.717, 1.165) is 5.56 Å². The molecule has 0 saturated heterocycles. The Morgan fingerprint density at radius 2 is 2.15 bits per heavy atom. The molecule has 70 valence electrons. The van der Waals surface area contributed by atoms with Crippen LogP contribution in [0.5, 0.6) is 0 Å². The number of primary amides is 1. The maximum absolute atomic E-state index is 10.4. The Bertz CT molecular complexity index is 274. The minimum Gasteiger partial charge on any atom is -0.388 e. The van der Waals surface area contributed by atoms with Crippen LogP contribution < -0.4 is 5.73 Å². The van der Waals surface area contributed by atoms with Gasteiger partial charge in [0.05, 0.1) is 6.10 Å². The third kappa shape index (κ3) is 3.21. The molecule has 0 saturated carbocycles. The molecule has 1 unspecified atom stereocenters. The van der Waals surface area contributed by atoms with Crippen LogP contribution in [0.1, 0.15) is 24.5 Å². The average molecular weight is 180 g/mol. The summed E-state index contributed by atoms with van der Waals surface area (Å²) in [5.74, 6) is -0.395. The predicted molar refractivity (Wildman–Crippen MR) is 47.6 cm³/mol. The lowest BCUT2D eigenvalue weighted by Gasteiger charge is -2.08. The highest BCUT2D eigenvalue weighted by Crippen LogP contribution is 2.16. The van der Waals surface area contributed by atoms with Gasteiger partial charge in [0, 0.05) is 18.8 Å². The molecule has 0 fully saturated rings. The Kier molecular flexibility index (Phi) is 3.40. The van der Waals surface area contributed by atoms with E-state index >= 15 is 0 Å². The Morgan fingerprint density at radius 1 is 1.54 bits per heavy atom. The van der Waals surface area contributed by atoms with E-state index in [1.165, 1.54) is 0 Å². The van der Waals surface area contributed by atoms with Crippen LogP contribution in [0, 0.1) is 0 Å². The SMILES string of the molecule is NC(=O)CCC(O)c1ccncc1. The molecule has 13 heavy (non-hydrogen) atoms. The summed E-state index contributed by atoms with van der Waals surface area (Å²) in [6.07, 6.45) is 3.13. The molecule has 4 heteroatoms. The summed E-state index contributed by atoms with van der Waals surface area (Å²) < 4.78 is 0. The van der Waals surface area contributed by atoms with Crippen molar-refractivity contribution >= 4 is 5.91 Å². The number of carbonyl (C=O) groups excluding carboxylic acids is 1. The Labute approximate surface area is 76.4 Å². The predicted octanol–water partition coefficient (Wildman–Crippen LogP) is 0.380. The zero-order valence-corrected chi connectivity index (χ0v) is 7.18. The molecule has 0 spiro atoms. The maximum atomic E-state index is 10.4. The summed E-state index contributed by atoms with van der Waals surface area (Å²) in [4.78, 5) is 14.3. The summed E-state index contributed by atoms with van der Waals surface area (Å²) >= 11 is 0. The van der Waals surface area contributed by atoms with Crippen LogP contribution in [-0.4, -0.2) is 16.0 Å². The smallest absolute Gasteiger partial charge is 0.217 e. The van der Waals surface area contributed by atoms with E-state index in [4.69, 9.17) is 5.73 Å². The van der Waals surface area contributed by atoms with Crippen molar-refractivity contribution in [3.05, 3.63) is 30.1 Å². The van der Waals surface area contributed by atoms with Crippen LogP contribution in [0.15, 0.2) is 24.5 Å². The van der Waals surface area contributed by atoms with E-state index in [2.05, 4.69) is 4.98 Å². The van der Waals surface area contributed by atoms with Gasteiger partial charge in [-0.1, -0.05) is 0 Å². The number of aliphatic hydroxyl groups is 1. The zero-order chi connectivity index (χ0) is 9.68. The van der Waals surface area contributed by atoms with Crippen LogP contribution >= 0.6 is 0 Å². The Morgan fingerprint density at radius 3 is 2.69 bits per heavy atom. The number of rotatable bonds is 4. The lowest BCUT2D eigenvalue weighted by atomic mass is 10.1. The molecule has 0 aliphatic heterocycles. The summed E-state index contributed by atoms with van der Waals surface area (Å²) in [5, 5.41) is 9.53. The van der Waals surface area contributed by atoms with Crippen molar-refractivity contribution in [3.63, 3.8) is 0 Å². The molecule has 0 aliphatic rings. The van der Waals surface area contributed by atoms with Gasteiger partial charge in [0.15, 0.2) is 0 Å². The van der Waals surface area contributed by atoms with E-state index in [9.17, 15) is 9.90 Å². The second-order valence-corrected chi connectivity index (χ2v) is 2.80. The number of aromatic nitrogens is 1. The molecule has 1 aromatic rings. The molecule has 1 rings (SSSR count). The van der Waals surface area contributed by atoms with Gasteiger partial charge in [-0.3, -0.25) is 9.78 Å². The molecule has 0 aliphatic carbocycles. The van der Waals surface area contributed by atoms with Crippen LogP contribution in [0.4, 0.5) is 0 Å². The quantitative estimate of drug-likeness (QED) is 0.703. The fourth-order valence-corrected chi connectivity index (χ4v) is 1.03. The van der Waals surface area contributed by atoms with Gasteiger partial charge in [0.2, 0.25) is 5.91 Å².